The van der Waals surface area contributed by atoms with E-state index in [0.29, 0.717) is 11.1 Å². The highest BCUT2D eigenvalue weighted by atomic mass is 16.3. The molecule has 100 valence electrons. The normalized spacial score (nSPS) is 10.8. The third kappa shape index (κ3) is 2.75. The van der Waals surface area contributed by atoms with Crippen LogP contribution in [0.25, 0.3) is 10.8 Å². The molecule has 1 N–H and O–H groups in total. The lowest BCUT2D eigenvalue weighted by Crippen LogP contribution is -1.83. The number of hydrogen-bond acceptors (Lipinski definition) is 3. The first-order chi connectivity index (χ1) is 10.3. The summed E-state index contributed by atoms with van der Waals surface area (Å²) in [6, 6.07) is 20.5. The maximum absolute atomic E-state index is 10.0. The summed E-state index contributed by atoms with van der Waals surface area (Å²) in [4.78, 5) is 4.33. The van der Waals surface area contributed by atoms with Gasteiger partial charge in [-0.2, -0.15) is 5.26 Å². The van der Waals surface area contributed by atoms with Crippen molar-refractivity contribution in [3.8, 4) is 11.8 Å². The fraction of sp³-hybridized carbons (Fsp3) is 0. The van der Waals surface area contributed by atoms with E-state index in [1.54, 1.807) is 36.5 Å². The number of phenols is 1. The van der Waals surface area contributed by atoms with Crippen LogP contribution < -0.4 is 0 Å². The number of phenolic OH excluding ortho intramolecular Hbond substituents is 1. The van der Waals surface area contributed by atoms with Gasteiger partial charge in [-0.3, -0.25) is 4.99 Å². The lowest BCUT2D eigenvalue weighted by Gasteiger charge is -2.02. The van der Waals surface area contributed by atoms with Crippen LogP contribution in [-0.2, 0) is 0 Å². The molecule has 0 spiro atoms. The van der Waals surface area contributed by atoms with Crippen LogP contribution in [-0.4, -0.2) is 11.3 Å². The molecule has 3 aromatic rings. The molecule has 3 rings (SSSR count). The molecule has 21 heavy (non-hydrogen) atoms. The van der Waals surface area contributed by atoms with Crippen LogP contribution in [0.15, 0.2) is 65.7 Å². The number of hydrogen-bond donors (Lipinski definition) is 1. The van der Waals surface area contributed by atoms with Gasteiger partial charge in [0.2, 0.25) is 0 Å². The summed E-state index contributed by atoms with van der Waals surface area (Å²) in [5, 5.41) is 20.8. The van der Waals surface area contributed by atoms with E-state index in [-0.39, 0.29) is 5.75 Å². The molecule has 0 amide bonds. The molecule has 0 fully saturated rings. The summed E-state index contributed by atoms with van der Waals surface area (Å²) in [5.41, 5.74) is 2.00. The van der Waals surface area contributed by atoms with Crippen LogP contribution in [0.3, 0.4) is 0 Å². The summed E-state index contributed by atoms with van der Waals surface area (Å²) < 4.78 is 0. The summed E-state index contributed by atoms with van der Waals surface area (Å²) in [7, 11) is 0. The van der Waals surface area contributed by atoms with Crippen molar-refractivity contribution in [2.45, 2.75) is 0 Å². The van der Waals surface area contributed by atoms with Crippen LogP contribution in [0.4, 0.5) is 5.69 Å². The Hall–Kier alpha value is -3.12. The molecule has 0 aromatic heterocycles. The Morgan fingerprint density at radius 1 is 0.952 bits per heavy atom. The Labute approximate surface area is 122 Å². The van der Waals surface area contributed by atoms with Gasteiger partial charge < -0.3 is 5.11 Å². The Balaban J connectivity index is 1.94. The molecule has 0 heterocycles. The van der Waals surface area contributed by atoms with Gasteiger partial charge >= 0.3 is 0 Å². The van der Waals surface area contributed by atoms with Gasteiger partial charge in [0.25, 0.3) is 0 Å². The molecular weight excluding hydrogens is 260 g/mol. The number of aromatic hydroxyl groups is 1. The number of nitriles is 1. The van der Waals surface area contributed by atoms with Gasteiger partial charge in [-0.1, -0.05) is 24.3 Å². The molecule has 3 heteroatoms. The minimum Gasteiger partial charge on any atom is -0.507 e. The van der Waals surface area contributed by atoms with Crippen molar-refractivity contribution >= 4 is 22.7 Å². The maximum atomic E-state index is 10.0. The second kappa shape index (κ2) is 5.48. The Morgan fingerprint density at radius 2 is 1.62 bits per heavy atom. The van der Waals surface area contributed by atoms with Crippen LogP contribution in [0.2, 0.25) is 0 Å². The van der Waals surface area contributed by atoms with E-state index in [0.717, 1.165) is 16.5 Å². The molecule has 0 atom stereocenters. The van der Waals surface area contributed by atoms with Crippen molar-refractivity contribution < 1.29 is 5.11 Å². The fourth-order valence-electron chi connectivity index (χ4n) is 2.12. The standard InChI is InChI=1S/C18H12N2O/c19-11-13-5-7-17(8-6-13)20-12-16-9-14-3-1-2-4-15(14)10-18(16)21/h1-10,12,21H. The molecule has 0 saturated carbocycles. The lowest BCUT2D eigenvalue weighted by atomic mass is 10.1. The Kier molecular flexibility index (Phi) is 3.36. The van der Waals surface area contributed by atoms with Crippen LogP contribution in [0.1, 0.15) is 11.1 Å². The first-order valence-electron chi connectivity index (χ1n) is 6.52. The predicted octanol–water partition coefficient (Wildman–Crippen LogP) is 4.17. The largest absolute Gasteiger partial charge is 0.507 e. The summed E-state index contributed by atoms with van der Waals surface area (Å²) in [6.07, 6.45) is 1.63. The average molecular weight is 272 g/mol. The molecular formula is C18H12N2O. The SMILES string of the molecule is N#Cc1ccc(N=Cc2cc3ccccc3cc2O)cc1. The first-order valence-corrected chi connectivity index (χ1v) is 6.52. The average Bonchev–Trinajstić information content (AvgIpc) is 2.53. The molecule has 0 saturated heterocycles. The van der Waals surface area contributed by atoms with Gasteiger partial charge in [-0.25, -0.2) is 0 Å². The predicted molar refractivity (Wildman–Crippen MR) is 84.0 cm³/mol. The van der Waals surface area contributed by atoms with Gasteiger partial charge in [-0.05, 0) is 47.2 Å². The van der Waals surface area contributed by atoms with Gasteiger partial charge in [0, 0.05) is 11.8 Å². The summed E-state index contributed by atoms with van der Waals surface area (Å²) >= 11 is 0. The second-order valence-corrected chi connectivity index (χ2v) is 4.68. The third-order valence-corrected chi connectivity index (χ3v) is 3.24. The zero-order valence-electron chi connectivity index (χ0n) is 11.2. The fourth-order valence-corrected chi connectivity index (χ4v) is 2.12. The molecule has 0 aliphatic carbocycles. The molecule has 0 unspecified atom stereocenters. The van der Waals surface area contributed by atoms with Crippen LogP contribution >= 0.6 is 0 Å². The Bertz CT molecular complexity index is 859. The highest BCUT2D eigenvalue weighted by Crippen LogP contribution is 2.24. The molecule has 0 bridgehead atoms. The molecule has 3 aromatic carbocycles. The van der Waals surface area contributed by atoms with Crippen molar-refractivity contribution in [2.24, 2.45) is 4.99 Å². The van der Waals surface area contributed by atoms with Crippen LogP contribution in [0, 0.1) is 11.3 Å². The van der Waals surface area contributed by atoms with Crippen molar-refractivity contribution in [1.82, 2.24) is 0 Å². The maximum Gasteiger partial charge on any atom is 0.124 e. The third-order valence-electron chi connectivity index (χ3n) is 3.24. The van der Waals surface area contributed by atoms with E-state index in [1.807, 2.05) is 30.3 Å². The van der Waals surface area contributed by atoms with Crippen molar-refractivity contribution in [3.63, 3.8) is 0 Å². The second-order valence-electron chi connectivity index (χ2n) is 4.68. The number of fused-ring (bicyclic) bond motifs is 1. The van der Waals surface area contributed by atoms with E-state index < -0.39 is 0 Å². The monoisotopic (exact) mass is 272 g/mol. The van der Waals surface area contributed by atoms with Gasteiger partial charge in [0.1, 0.15) is 5.75 Å². The quantitative estimate of drug-likeness (QED) is 0.712. The Morgan fingerprint density at radius 3 is 2.29 bits per heavy atom. The summed E-state index contributed by atoms with van der Waals surface area (Å²) in [5.74, 6) is 0.200. The van der Waals surface area contributed by atoms with Crippen molar-refractivity contribution in [1.29, 1.82) is 5.26 Å². The van der Waals surface area contributed by atoms with Crippen molar-refractivity contribution in [2.75, 3.05) is 0 Å². The zero-order chi connectivity index (χ0) is 14.7. The van der Waals surface area contributed by atoms with E-state index >= 15 is 0 Å². The summed E-state index contributed by atoms with van der Waals surface area (Å²) in [6.45, 7) is 0. The number of aliphatic imine (C=N–C) groups is 1. The van der Waals surface area contributed by atoms with E-state index in [9.17, 15) is 5.11 Å². The lowest BCUT2D eigenvalue weighted by molar-refractivity contribution is 0.475. The minimum absolute atomic E-state index is 0.200. The van der Waals surface area contributed by atoms with Crippen LogP contribution in [0.5, 0.6) is 5.75 Å². The highest BCUT2D eigenvalue weighted by Gasteiger charge is 2.01. The van der Waals surface area contributed by atoms with Crippen molar-refractivity contribution in [3.05, 3.63) is 71.8 Å². The number of benzene rings is 3. The number of nitrogens with zero attached hydrogens (tertiary/aromatic N) is 2. The molecule has 0 radical (unpaired) electrons. The number of rotatable bonds is 2. The van der Waals surface area contributed by atoms with Gasteiger partial charge in [0.15, 0.2) is 0 Å². The highest BCUT2D eigenvalue weighted by molar-refractivity contribution is 5.94. The molecule has 0 aliphatic rings. The molecule has 3 nitrogen and oxygen atoms in total. The van der Waals surface area contributed by atoms with E-state index in [1.165, 1.54) is 0 Å². The first kappa shape index (κ1) is 12.9. The van der Waals surface area contributed by atoms with E-state index in [4.69, 9.17) is 5.26 Å². The topological polar surface area (TPSA) is 56.4 Å². The zero-order valence-corrected chi connectivity index (χ0v) is 11.2. The van der Waals surface area contributed by atoms with Gasteiger partial charge in [-0.15, -0.1) is 0 Å². The smallest absolute Gasteiger partial charge is 0.124 e. The van der Waals surface area contributed by atoms with Gasteiger partial charge in [0.05, 0.1) is 17.3 Å². The van der Waals surface area contributed by atoms with E-state index in [2.05, 4.69) is 11.1 Å². The molecule has 0 aliphatic heterocycles. The minimum atomic E-state index is 0.200.